The molecule has 0 saturated heterocycles. The molecule has 2 heterocycles. The van der Waals surface area contributed by atoms with Crippen molar-refractivity contribution >= 4 is 65.4 Å². The number of anilines is 2. The van der Waals surface area contributed by atoms with Crippen molar-refractivity contribution in [3.05, 3.63) is 201 Å². The van der Waals surface area contributed by atoms with E-state index in [0.29, 0.717) is 45.3 Å². The Bertz CT molecular complexity index is 2630. The van der Waals surface area contributed by atoms with Crippen LogP contribution in [0.3, 0.4) is 0 Å². The van der Waals surface area contributed by atoms with Crippen LogP contribution >= 0.6 is 22.7 Å². The summed E-state index contributed by atoms with van der Waals surface area (Å²) in [5.74, 6) is -16.1. The second kappa shape index (κ2) is 17.0. The van der Waals surface area contributed by atoms with Crippen molar-refractivity contribution in [2.45, 2.75) is 70.6 Å². The number of rotatable bonds is 14. The molecule has 0 atom stereocenters. The maximum atomic E-state index is 16.7. The molecule has 0 fully saturated rings. The quantitative estimate of drug-likeness (QED) is 0.100. The van der Waals surface area contributed by atoms with Crippen LogP contribution in [0.4, 0.5) is 37.7 Å². The first-order chi connectivity index (χ1) is 30.4. The lowest BCUT2D eigenvalue weighted by Gasteiger charge is -2.26. The molecule has 0 bridgehead atoms. The van der Waals surface area contributed by atoms with Crippen LogP contribution in [0, 0.1) is 0 Å². The van der Waals surface area contributed by atoms with E-state index < -0.39 is 28.9 Å². The monoisotopic (exact) mass is 886 g/mol. The molecule has 320 valence electrons. The standard InChI is InChI=1S/C53H44F6N2S2/c1-3-43-47(41-27-25-39(29-45(41)62-43)60(31-35-17-9-5-10-18-35)32-36-19-11-6-12-20-36)49-50(52(56,57)53(58,59)51(49,54)55)48-42-28-26-40(30-46(42)63-44(48)4-2)61(33-37-21-13-7-14-22-37)34-38-23-15-8-16-24-38/h5-30H,3-4,31-34H2,1-2H3. The Morgan fingerprint density at radius 3 is 1.00 bits per heavy atom. The molecule has 63 heavy (non-hydrogen) atoms. The molecule has 9 rings (SSSR count). The molecule has 1 aliphatic rings. The summed E-state index contributed by atoms with van der Waals surface area (Å²) in [6.07, 6.45) is 0.359. The number of allylic oxidation sites excluding steroid dienone is 2. The topological polar surface area (TPSA) is 6.48 Å². The van der Waals surface area contributed by atoms with Crippen molar-refractivity contribution in [1.82, 2.24) is 0 Å². The average Bonchev–Trinajstić information content (AvgIpc) is 3.88. The molecule has 0 unspecified atom stereocenters. The number of benzene rings is 6. The fourth-order valence-electron chi connectivity index (χ4n) is 8.79. The molecule has 0 amide bonds. The number of aryl methyl sites for hydroxylation is 2. The third-order valence-electron chi connectivity index (χ3n) is 11.9. The van der Waals surface area contributed by atoms with Gasteiger partial charge in [-0.15, -0.1) is 22.7 Å². The summed E-state index contributed by atoms with van der Waals surface area (Å²) < 4.78 is 100. The molecule has 0 N–H and O–H groups in total. The summed E-state index contributed by atoms with van der Waals surface area (Å²) >= 11 is 2.38. The molecular formula is C53H44F6N2S2. The van der Waals surface area contributed by atoms with Crippen LogP contribution in [0.2, 0.25) is 0 Å². The Hall–Kier alpha value is -5.84. The smallest absolute Gasteiger partial charge is 0.363 e. The number of nitrogens with zero attached hydrogens (tertiary/aromatic N) is 2. The van der Waals surface area contributed by atoms with Gasteiger partial charge in [-0.1, -0.05) is 147 Å². The molecule has 8 aromatic rings. The van der Waals surface area contributed by atoms with Gasteiger partial charge in [0.05, 0.1) is 0 Å². The van der Waals surface area contributed by atoms with E-state index in [9.17, 15) is 0 Å². The zero-order chi connectivity index (χ0) is 43.9. The van der Waals surface area contributed by atoms with Crippen molar-refractivity contribution in [2.75, 3.05) is 9.80 Å². The summed E-state index contributed by atoms with van der Waals surface area (Å²) in [6.45, 7) is 5.63. The first kappa shape index (κ1) is 42.5. The van der Waals surface area contributed by atoms with Crippen LogP contribution in [-0.2, 0) is 39.0 Å². The van der Waals surface area contributed by atoms with Crippen LogP contribution in [0.15, 0.2) is 158 Å². The first-order valence-electron chi connectivity index (χ1n) is 21.1. The van der Waals surface area contributed by atoms with Crippen molar-refractivity contribution in [3.8, 4) is 0 Å². The first-order valence-corrected chi connectivity index (χ1v) is 22.7. The highest BCUT2D eigenvalue weighted by Gasteiger charge is 2.80. The highest BCUT2D eigenvalue weighted by atomic mass is 32.1. The zero-order valence-corrected chi connectivity index (χ0v) is 36.4. The summed E-state index contributed by atoms with van der Waals surface area (Å²) in [5.41, 5.74) is 2.78. The Balaban J connectivity index is 1.20. The highest BCUT2D eigenvalue weighted by molar-refractivity contribution is 7.20. The summed E-state index contributed by atoms with van der Waals surface area (Å²) in [7, 11) is 0. The molecule has 6 aromatic carbocycles. The fourth-order valence-corrected chi connectivity index (χ4v) is 11.2. The molecule has 2 aromatic heterocycles. The van der Waals surface area contributed by atoms with Gasteiger partial charge in [-0.25, -0.2) is 0 Å². The molecule has 0 spiro atoms. The van der Waals surface area contributed by atoms with Crippen molar-refractivity contribution in [1.29, 1.82) is 0 Å². The van der Waals surface area contributed by atoms with Gasteiger partial charge < -0.3 is 9.80 Å². The molecule has 2 nitrogen and oxygen atoms in total. The lowest BCUT2D eigenvalue weighted by molar-refractivity contribution is -0.254. The largest absolute Gasteiger partial charge is 0.380 e. The van der Waals surface area contributed by atoms with Crippen molar-refractivity contribution in [3.63, 3.8) is 0 Å². The van der Waals surface area contributed by atoms with E-state index in [2.05, 4.69) is 9.80 Å². The Morgan fingerprint density at radius 1 is 0.413 bits per heavy atom. The van der Waals surface area contributed by atoms with Gasteiger partial charge in [0.2, 0.25) is 0 Å². The van der Waals surface area contributed by atoms with Gasteiger partial charge in [-0.3, -0.25) is 0 Å². The predicted molar refractivity (Wildman–Crippen MR) is 250 cm³/mol. The fraction of sp³-hybridized carbons (Fsp3) is 0.208. The van der Waals surface area contributed by atoms with E-state index in [4.69, 9.17) is 0 Å². The van der Waals surface area contributed by atoms with Crippen LogP contribution < -0.4 is 9.80 Å². The maximum absolute atomic E-state index is 16.7. The Labute approximate surface area is 371 Å². The minimum Gasteiger partial charge on any atom is -0.363 e. The van der Waals surface area contributed by atoms with E-state index >= 15 is 26.3 Å². The third-order valence-corrected chi connectivity index (χ3v) is 14.5. The van der Waals surface area contributed by atoms with Gasteiger partial charge in [0, 0.05) is 89.8 Å². The molecule has 0 aliphatic heterocycles. The van der Waals surface area contributed by atoms with Gasteiger partial charge in [-0.2, -0.15) is 26.3 Å². The maximum Gasteiger partial charge on any atom is 0.380 e. The second-order valence-corrected chi connectivity index (χ2v) is 18.3. The van der Waals surface area contributed by atoms with E-state index in [1.165, 1.54) is 22.7 Å². The lowest BCUT2D eigenvalue weighted by Crippen LogP contribution is -2.49. The normalized spacial score (nSPS) is 15.4. The highest BCUT2D eigenvalue weighted by Crippen LogP contribution is 2.67. The predicted octanol–water partition coefficient (Wildman–Crippen LogP) is 15.5. The van der Waals surface area contributed by atoms with Gasteiger partial charge in [0.1, 0.15) is 0 Å². The summed E-state index contributed by atoms with van der Waals surface area (Å²) in [5, 5.41) is 0.496. The number of thiophene rings is 2. The van der Waals surface area contributed by atoms with Crippen LogP contribution in [-0.4, -0.2) is 17.8 Å². The van der Waals surface area contributed by atoms with Gasteiger partial charge >= 0.3 is 17.8 Å². The molecule has 0 radical (unpaired) electrons. The minimum atomic E-state index is -5.69. The Kier molecular flexibility index (Phi) is 11.5. The van der Waals surface area contributed by atoms with E-state index in [1.54, 1.807) is 38.1 Å². The van der Waals surface area contributed by atoms with Crippen molar-refractivity contribution in [2.24, 2.45) is 0 Å². The Morgan fingerprint density at radius 2 is 0.714 bits per heavy atom. The SMILES string of the molecule is CCc1sc2cc(N(Cc3ccccc3)Cc3ccccc3)ccc2c1C1=C(c2c(CC)sc3cc(N(Cc4ccccc4)Cc4ccccc4)ccc23)C(F)(F)C(F)(F)C1(F)F. The van der Waals surface area contributed by atoms with Gasteiger partial charge in [-0.05, 0) is 59.4 Å². The van der Waals surface area contributed by atoms with Crippen LogP contribution in [0.1, 0.15) is 57.0 Å². The number of fused-ring (bicyclic) bond motifs is 2. The van der Waals surface area contributed by atoms with Crippen LogP contribution in [0.5, 0.6) is 0 Å². The lowest BCUT2D eigenvalue weighted by atomic mass is 9.90. The number of alkyl halides is 6. The number of halogens is 6. The van der Waals surface area contributed by atoms with E-state index in [-0.39, 0.29) is 34.7 Å². The van der Waals surface area contributed by atoms with Crippen molar-refractivity contribution < 1.29 is 26.3 Å². The second-order valence-electron chi connectivity index (χ2n) is 16.0. The third kappa shape index (κ3) is 7.71. The average molecular weight is 887 g/mol. The molecule has 1 aliphatic carbocycles. The summed E-state index contributed by atoms with van der Waals surface area (Å²) in [4.78, 5) is 5.01. The van der Waals surface area contributed by atoms with E-state index in [1.807, 2.05) is 133 Å². The minimum absolute atomic E-state index is 0.179. The number of hydrogen-bond acceptors (Lipinski definition) is 4. The molecule has 0 saturated carbocycles. The number of hydrogen-bond donors (Lipinski definition) is 0. The summed E-state index contributed by atoms with van der Waals surface area (Å²) in [6, 6.07) is 50.2. The zero-order valence-electron chi connectivity index (χ0n) is 34.7. The van der Waals surface area contributed by atoms with Gasteiger partial charge in [0.15, 0.2) is 0 Å². The van der Waals surface area contributed by atoms with E-state index in [0.717, 1.165) is 33.6 Å². The van der Waals surface area contributed by atoms with Gasteiger partial charge in [0.25, 0.3) is 0 Å². The van der Waals surface area contributed by atoms with Crippen LogP contribution in [0.25, 0.3) is 31.3 Å². The molecule has 10 heteroatoms. The molecular weight excluding hydrogens is 843 g/mol.